The van der Waals surface area contributed by atoms with E-state index in [0.29, 0.717) is 13.1 Å². The zero-order valence-corrected chi connectivity index (χ0v) is 22.2. The van der Waals surface area contributed by atoms with Crippen LogP contribution in [0.1, 0.15) is 67.1 Å². The van der Waals surface area contributed by atoms with Gasteiger partial charge in [-0.05, 0) is 43.7 Å². The van der Waals surface area contributed by atoms with Crippen LogP contribution >= 0.6 is 0 Å². The van der Waals surface area contributed by atoms with Gasteiger partial charge in [0.2, 0.25) is 5.91 Å². The van der Waals surface area contributed by atoms with Crippen LogP contribution in [-0.2, 0) is 9.53 Å². The maximum absolute atomic E-state index is 12.7. The van der Waals surface area contributed by atoms with Crippen LogP contribution in [0.3, 0.4) is 0 Å². The Morgan fingerprint density at radius 2 is 1.17 bits per heavy atom. The van der Waals surface area contributed by atoms with E-state index in [1.807, 2.05) is 0 Å². The fraction of sp³-hybridized carbons (Fsp3) is 0.370. The van der Waals surface area contributed by atoms with Crippen molar-refractivity contribution in [1.82, 2.24) is 16.0 Å². The van der Waals surface area contributed by atoms with E-state index in [2.05, 4.69) is 16.0 Å². The van der Waals surface area contributed by atoms with Crippen LogP contribution in [0.15, 0.2) is 36.4 Å². The average molecular weight is 575 g/mol. The highest BCUT2D eigenvalue weighted by molar-refractivity contribution is 6.02. The molecule has 0 aliphatic carbocycles. The van der Waals surface area contributed by atoms with E-state index in [9.17, 15) is 34.2 Å². The molecule has 3 amide bonds. The van der Waals surface area contributed by atoms with Gasteiger partial charge in [0.25, 0.3) is 11.8 Å². The lowest BCUT2D eigenvalue weighted by Gasteiger charge is -2.20. The molecule has 0 atom stereocenters. The third-order valence-electron chi connectivity index (χ3n) is 5.91. The second-order valence-corrected chi connectivity index (χ2v) is 8.92. The number of nitrogens with one attached hydrogen (secondary N) is 3. The second-order valence-electron chi connectivity index (χ2n) is 8.92. The summed E-state index contributed by atoms with van der Waals surface area (Å²) in [5.41, 5.74) is 3.89. The number of benzene rings is 2. The van der Waals surface area contributed by atoms with Crippen molar-refractivity contribution in [1.29, 1.82) is 0 Å². The first-order valence-electron chi connectivity index (χ1n) is 12.8. The number of para-hydroxylation sites is 2. The Balaban J connectivity index is 2.05. The fourth-order valence-corrected chi connectivity index (χ4v) is 3.69. The summed E-state index contributed by atoms with van der Waals surface area (Å²) >= 11 is 0. The Morgan fingerprint density at radius 1 is 0.707 bits per heavy atom. The molecule has 222 valence electrons. The molecule has 0 radical (unpaired) electrons. The Morgan fingerprint density at radius 3 is 1.63 bits per heavy atom. The molecule has 0 unspecified atom stereocenters. The number of unbranched alkanes of at least 4 members (excludes halogenated alkanes) is 3. The SMILES string of the molecule is NCCCCCCNC(=O)COC(CNC(=O)c1cccc(C(=O)O)c1O)CNC(=O)c1cccc(C(=O)O)c1O. The highest BCUT2D eigenvalue weighted by Crippen LogP contribution is 2.23. The molecule has 0 aromatic heterocycles. The van der Waals surface area contributed by atoms with Gasteiger partial charge in [0.05, 0.1) is 17.2 Å². The first kappa shape index (κ1) is 32.5. The average Bonchev–Trinajstić information content (AvgIpc) is 2.94. The molecule has 14 nitrogen and oxygen atoms in total. The van der Waals surface area contributed by atoms with Crippen molar-refractivity contribution in [3.63, 3.8) is 0 Å². The van der Waals surface area contributed by atoms with Gasteiger partial charge in [0.1, 0.15) is 29.2 Å². The first-order valence-corrected chi connectivity index (χ1v) is 12.8. The Bertz CT molecular complexity index is 1170. The molecule has 14 heteroatoms. The topological polar surface area (TPSA) is 238 Å². The highest BCUT2D eigenvalue weighted by Gasteiger charge is 2.22. The van der Waals surface area contributed by atoms with Crippen LogP contribution < -0.4 is 21.7 Å². The Kier molecular flexibility index (Phi) is 13.0. The molecule has 0 bridgehead atoms. The van der Waals surface area contributed by atoms with E-state index in [0.717, 1.165) is 37.8 Å². The van der Waals surface area contributed by atoms with Crippen LogP contribution in [0.2, 0.25) is 0 Å². The Hall–Kier alpha value is -4.69. The lowest BCUT2D eigenvalue weighted by atomic mass is 10.1. The summed E-state index contributed by atoms with van der Waals surface area (Å²) in [6.07, 6.45) is 2.49. The predicted molar refractivity (Wildman–Crippen MR) is 145 cm³/mol. The molecule has 41 heavy (non-hydrogen) atoms. The summed E-state index contributed by atoms with van der Waals surface area (Å²) in [6, 6.07) is 7.25. The van der Waals surface area contributed by atoms with Gasteiger partial charge in [-0.3, -0.25) is 14.4 Å². The number of carbonyl (C=O) groups excluding carboxylic acids is 3. The van der Waals surface area contributed by atoms with Crippen LogP contribution in [0.25, 0.3) is 0 Å². The van der Waals surface area contributed by atoms with E-state index in [1.54, 1.807) is 0 Å². The largest absolute Gasteiger partial charge is 0.506 e. The minimum absolute atomic E-state index is 0.274. The summed E-state index contributed by atoms with van der Waals surface area (Å²) in [7, 11) is 0. The van der Waals surface area contributed by atoms with Gasteiger partial charge in [0, 0.05) is 19.6 Å². The van der Waals surface area contributed by atoms with Crippen LogP contribution in [-0.4, -0.2) is 89.0 Å². The number of carboxylic acids is 2. The quantitative estimate of drug-likeness (QED) is 0.122. The molecule has 0 fully saturated rings. The summed E-state index contributed by atoms with van der Waals surface area (Å²) in [5, 5.41) is 46.3. The zero-order valence-electron chi connectivity index (χ0n) is 22.2. The molecule has 0 aliphatic rings. The monoisotopic (exact) mass is 574 g/mol. The first-order chi connectivity index (χ1) is 19.6. The van der Waals surface area contributed by atoms with Gasteiger partial charge in [-0.1, -0.05) is 25.0 Å². The smallest absolute Gasteiger partial charge is 0.339 e. The van der Waals surface area contributed by atoms with Gasteiger partial charge in [0.15, 0.2) is 0 Å². The lowest BCUT2D eigenvalue weighted by molar-refractivity contribution is -0.127. The number of ether oxygens (including phenoxy) is 1. The summed E-state index contributed by atoms with van der Waals surface area (Å²) < 4.78 is 5.59. The van der Waals surface area contributed by atoms with Crippen molar-refractivity contribution in [2.75, 3.05) is 32.8 Å². The maximum Gasteiger partial charge on any atom is 0.339 e. The van der Waals surface area contributed by atoms with Crippen molar-refractivity contribution in [2.45, 2.75) is 31.8 Å². The molecule has 2 aromatic rings. The van der Waals surface area contributed by atoms with Gasteiger partial charge < -0.3 is 46.8 Å². The number of rotatable bonds is 17. The normalized spacial score (nSPS) is 10.7. The molecular weight excluding hydrogens is 540 g/mol. The summed E-state index contributed by atoms with van der Waals surface area (Å²) in [6.45, 7) is 0.0542. The van der Waals surface area contributed by atoms with Crippen LogP contribution in [0.5, 0.6) is 11.5 Å². The van der Waals surface area contributed by atoms with Crippen molar-refractivity contribution >= 4 is 29.7 Å². The molecule has 0 saturated heterocycles. The van der Waals surface area contributed by atoms with Crippen LogP contribution in [0.4, 0.5) is 0 Å². The number of phenols is 2. The lowest BCUT2D eigenvalue weighted by Crippen LogP contribution is -2.43. The van der Waals surface area contributed by atoms with Gasteiger partial charge in [-0.15, -0.1) is 0 Å². The number of hydrogen-bond acceptors (Lipinski definition) is 9. The molecular formula is C27H34N4O10. The van der Waals surface area contributed by atoms with Gasteiger partial charge >= 0.3 is 11.9 Å². The number of aromatic carboxylic acids is 2. The van der Waals surface area contributed by atoms with E-state index in [-0.39, 0.29) is 24.2 Å². The standard InChI is InChI=1S/C27H34N4O10/c28-11-3-1-2-4-12-29-21(32)15-41-16(13-30-24(35)17-7-5-9-19(22(17)33)26(37)38)14-31-25(36)18-8-6-10-20(23(18)34)27(39)40/h5-10,16,33-34H,1-4,11-15,28H2,(H,29,32)(H,30,35)(H,31,36)(H,37,38)(H,39,40). The third-order valence-corrected chi connectivity index (χ3v) is 5.91. The minimum atomic E-state index is -1.43. The molecule has 0 heterocycles. The molecule has 2 aromatic carbocycles. The zero-order chi connectivity index (χ0) is 30.4. The Labute approximate surface area is 235 Å². The number of carbonyl (C=O) groups is 5. The van der Waals surface area contributed by atoms with E-state index >= 15 is 0 Å². The molecule has 9 N–H and O–H groups in total. The number of hydrogen-bond donors (Lipinski definition) is 8. The van der Waals surface area contributed by atoms with E-state index in [4.69, 9.17) is 20.7 Å². The number of aromatic hydroxyl groups is 2. The summed E-state index contributed by atoms with van der Waals surface area (Å²) in [5.74, 6) is -6.43. The number of carboxylic acid groups (broad SMARTS) is 2. The van der Waals surface area contributed by atoms with Gasteiger partial charge in [-0.25, -0.2) is 9.59 Å². The molecule has 0 spiro atoms. The summed E-state index contributed by atoms with van der Waals surface area (Å²) in [4.78, 5) is 60.1. The van der Waals surface area contributed by atoms with Crippen molar-refractivity contribution in [3.8, 4) is 11.5 Å². The van der Waals surface area contributed by atoms with E-state index < -0.39 is 65.0 Å². The van der Waals surface area contributed by atoms with Crippen LogP contribution in [0, 0.1) is 0 Å². The molecule has 2 rings (SSSR count). The second kappa shape index (κ2) is 16.4. The number of amides is 3. The highest BCUT2D eigenvalue weighted by atomic mass is 16.5. The fourth-order valence-electron chi connectivity index (χ4n) is 3.69. The predicted octanol–water partition coefficient (Wildman–Crippen LogP) is 0.675. The van der Waals surface area contributed by atoms with Crippen molar-refractivity contribution in [3.05, 3.63) is 58.7 Å². The van der Waals surface area contributed by atoms with Gasteiger partial charge in [-0.2, -0.15) is 0 Å². The minimum Gasteiger partial charge on any atom is -0.506 e. The molecule has 0 saturated carbocycles. The maximum atomic E-state index is 12.7. The molecule has 0 aliphatic heterocycles. The van der Waals surface area contributed by atoms with Crippen molar-refractivity contribution in [2.24, 2.45) is 5.73 Å². The number of nitrogens with two attached hydrogens (primary N) is 1. The van der Waals surface area contributed by atoms with E-state index in [1.165, 1.54) is 24.3 Å². The third kappa shape index (κ3) is 10.1. The van der Waals surface area contributed by atoms with Crippen molar-refractivity contribution < 1.29 is 49.1 Å².